The van der Waals surface area contributed by atoms with Crippen molar-refractivity contribution in [2.45, 2.75) is 6.54 Å². The number of rotatable bonds is 6. The molecule has 1 amide bonds. The molecular weight excluding hydrogens is 472 g/mol. The number of thiophene rings is 1. The summed E-state index contributed by atoms with van der Waals surface area (Å²) in [5.41, 5.74) is 4.96. The molecule has 0 saturated carbocycles. The zero-order valence-electron chi connectivity index (χ0n) is 19.5. The van der Waals surface area contributed by atoms with Crippen LogP contribution >= 0.6 is 11.3 Å². The summed E-state index contributed by atoms with van der Waals surface area (Å²) < 4.78 is 6.66. The van der Waals surface area contributed by atoms with Gasteiger partial charge in [0.1, 0.15) is 0 Å². The highest BCUT2D eigenvalue weighted by atomic mass is 32.1. The molecule has 4 heterocycles. The smallest absolute Gasteiger partial charge is 0.243 e. The van der Waals surface area contributed by atoms with Gasteiger partial charge < -0.3 is 15.0 Å². The van der Waals surface area contributed by atoms with Crippen LogP contribution in [-0.4, -0.2) is 52.4 Å². The van der Waals surface area contributed by atoms with E-state index in [9.17, 15) is 4.79 Å². The molecule has 2 N–H and O–H groups in total. The monoisotopic (exact) mass is 496 g/mol. The number of carbonyl (C=O) groups excluding carboxylic acids is 1. The Balaban J connectivity index is 1.42. The fraction of sp³-hybridized carbons (Fsp3) is 0.185. The fourth-order valence-corrected chi connectivity index (χ4v) is 5.50. The normalized spacial score (nSPS) is 13.8. The third-order valence-electron chi connectivity index (χ3n) is 6.28. The first-order valence-electron chi connectivity index (χ1n) is 11.8. The average molecular weight is 497 g/mol. The summed E-state index contributed by atoms with van der Waals surface area (Å²) >= 11 is 1.70. The number of hydrogen-bond donors (Lipinski definition) is 2. The lowest BCUT2D eigenvalue weighted by molar-refractivity contribution is -0.116. The van der Waals surface area contributed by atoms with Gasteiger partial charge in [-0.3, -0.25) is 9.89 Å². The largest absolute Gasteiger partial charge is 0.378 e. The van der Waals surface area contributed by atoms with Crippen LogP contribution in [0.2, 0.25) is 0 Å². The molecule has 180 valence electrons. The maximum Gasteiger partial charge on any atom is 0.243 e. The standard InChI is InChI=1S/C27H24N6O2S/c1-2-24(34)28-15-17-6-8-18(9-7-17)23-14-22-25(36-23)27(33-10-12-35-13-11-33)31-26(30-22)19-4-3-5-21-20(19)16-29-32-21/h2-9,14,16H,1,10-13,15H2,(H,28,34)(H,29,32). The average Bonchev–Trinajstić information content (AvgIpc) is 3.59. The summed E-state index contributed by atoms with van der Waals surface area (Å²) in [6, 6.07) is 16.4. The zero-order valence-corrected chi connectivity index (χ0v) is 20.3. The minimum Gasteiger partial charge on any atom is -0.378 e. The van der Waals surface area contributed by atoms with Gasteiger partial charge in [0.25, 0.3) is 0 Å². The molecule has 36 heavy (non-hydrogen) atoms. The number of nitrogens with one attached hydrogen (secondary N) is 2. The molecule has 8 nitrogen and oxygen atoms in total. The molecular formula is C27H24N6O2S. The van der Waals surface area contributed by atoms with E-state index < -0.39 is 0 Å². The zero-order chi connectivity index (χ0) is 24.5. The van der Waals surface area contributed by atoms with Crippen LogP contribution in [0.1, 0.15) is 5.56 Å². The number of carbonyl (C=O) groups is 1. The van der Waals surface area contributed by atoms with E-state index in [1.54, 1.807) is 11.3 Å². The number of benzene rings is 2. The maximum atomic E-state index is 11.5. The molecule has 0 aliphatic carbocycles. The number of nitrogens with zero attached hydrogens (tertiary/aromatic N) is 4. The minimum atomic E-state index is -0.181. The van der Waals surface area contributed by atoms with Gasteiger partial charge in [0, 0.05) is 35.5 Å². The highest BCUT2D eigenvalue weighted by Crippen LogP contribution is 2.39. The number of fused-ring (bicyclic) bond motifs is 2. The number of anilines is 1. The number of hydrogen-bond acceptors (Lipinski definition) is 7. The Morgan fingerprint density at radius 3 is 2.81 bits per heavy atom. The Hall–Kier alpha value is -4.08. The van der Waals surface area contributed by atoms with Crippen LogP contribution in [0.25, 0.3) is 42.9 Å². The van der Waals surface area contributed by atoms with E-state index in [1.165, 1.54) is 6.08 Å². The van der Waals surface area contributed by atoms with E-state index in [4.69, 9.17) is 14.7 Å². The van der Waals surface area contributed by atoms with E-state index >= 15 is 0 Å². The second kappa shape index (κ2) is 9.52. The van der Waals surface area contributed by atoms with Crippen LogP contribution in [0, 0.1) is 0 Å². The Morgan fingerprint density at radius 1 is 1.17 bits per heavy atom. The van der Waals surface area contributed by atoms with Crippen molar-refractivity contribution in [3.63, 3.8) is 0 Å². The molecule has 9 heteroatoms. The van der Waals surface area contributed by atoms with Crippen molar-refractivity contribution >= 4 is 44.2 Å². The number of aromatic amines is 1. The molecule has 0 radical (unpaired) electrons. The Bertz CT molecular complexity index is 1570. The number of amides is 1. The van der Waals surface area contributed by atoms with E-state index in [2.05, 4.69) is 45.2 Å². The molecule has 1 fully saturated rings. The second-order valence-corrected chi connectivity index (χ2v) is 9.60. The topological polar surface area (TPSA) is 96.0 Å². The van der Waals surface area contributed by atoms with Crippen molar-refractivity contribution in [1.82, 2.24) is 25.5 Å². The van der Waals surface area contributed by atoms with Crippen molar-refractivity contribution in [3.05, 3.63) is 72.9 Å². The molecule has 2 aromatic carbocycles. The van der Waals surface area contributed by atoms with Crippen LogP contribution < -0.4 is 10.2 Å². The SMILES string of the molecule is C=CC(=O)NCc1ccc(-c2cc3nc(-c4cccc5[nH]ncc45)nc(N4CCOCC4)c3s2)cc1. The predicted molar refractivity (Wildman–Crippen MR) is 143 cm³/mol. The molecule has 5 aromatic rings. The van der Waals surface area contributed by atoms with Crippen LogP contribution in [0.5, 0.6) is 0 Å². The van der Waals surface area contributed by atoms with Gasteiger partial charge in [-0.05, 0) is 29.3 Å². The van der Waals surface area contributed by atoms with Crippen molar-refractivity contribution in [1.29, 1.82) is 0 Å². The molecule has 0 atom stereocenters. The molecule has 1 aliphatic heterocycles. The second-order valence-electron chi connectivity index (χ2n) is 8.55. The fourth-order valence-electron chi connectivity index (χ4n) is 4.38. The summed E-state index contributed by atoms with van der Waals surface area (Å²) in [5, 5.41) is 11.1. The van der Waals surface area contributed by atoms with Crippen LogP contribution in [0.4, 0.5) is 5.82 Å². The van der Waals surface area contributed by atoms with Crippen molar-refractivity contribution < 1.29 is 9.53 Å². The van der Waals surface area contributed by atoms with Gasteiger partial charge in [-0.15, -0.1) is 11.3 Å². The Morgan fingerprint density at radius 2 is 2.00 bits per heavy atom. The lowest BCUT2D eigenvalue weighted by Gasteiger charge is -2.28. The maximum absolute atomic E-state index is 11.5. The first-order valence-corrected chi connectivity index (χ1v) is 12.6. The lowest BCUT2D eigenvalue weighted by atomic mass is 10.1. The quantitative estimate of drug-likeness (QED) is 0.335. The Kier molecular flexibility index (Phi) is 5.92. The summed E-state index contributed by atoms with van der Waals surface area (Å²) in [6.07, 6.45) is 3.10. The molecule has 3 aromatic heterocycles. The molecule has 1 aliphatic rings. The summed E-state index contributed by atoms with van der Waals surface area (Å²) in [6.45, 7) is 6.90. The summed E-state index contributed by atoms with van der Waals surface area (Å²) in [7, 11) is 0. The van der Waals surface area contributed by atoms with E-state index in [0.717, 1.165) is 61.6 Å². The third-order valence-corrected chi connectivity index (χ3v) is 7.45. The van der Waals surface area contributed by atoms with Gasteiger partial charge in [-0.25, -0.2) is 9.97 Å². The molecule has 0 spiro atoms. The summed E-state index contributed by atoms with van der Waals surface area (Å²) in [4.78, 5) is 24.9. The minimum absolute atomic E-state index is 0.181. The summed E-state index contributed by atoms with van der Waals surface area (Å²) in [5.74, 6) is 1.45. The van der Waals surface area contributed by atoms with Gasteiger partial charge in [-0.2, -0.15) is 5.10 Å². The van der Waals surface area contributed by atoms with E-state index in [0.29, 0.717) is 25.6 Å². The van der Waals surface area contributed by atoms with Crippen LogP contribution in [-0.2, 0) is 16.1 Å². The van der Waals surface area contributed by atoms with Gasteiger partial charge in [0.2, 0.25) is 5.91 Å². The number of aromatic nitrogens is 4. The third kappa shape index (κ3) is 4.23. The number of morpholine rings is 1. The van der Waals surface area contributed by atoms with Gasteiger partial charge in [0.05, 0.1) is 35.1 Å². The first kappa shape index (κ1) is 22.4. The Labute approximate surface area is 211 Å². The van der Waals surface area contributed by atoms with Crippen molar-refractivity contribution in [2.75, 3.05) is 31.2 Å². The van der Waals surface area contributed by atoms with Gasteiger partial charge in [-0.1, -0.05) is 43.0 Å². The van der Waals surface area contributed by atoms with Crippen molar-refractivity contribution in [3.8, 4) is 21.8 Å². The van der Waals surface area contributed by atoms with E-state index in [-0.39, 0.29) is 5.91 Å². The van der Waals surface area contributed by atoms with Gasteiger partial charge >= 0.3 is 0 Å². The van der Waals surface area contributed by atoms with Crippen LogP contribution in [0.15, 0.2) is 67.4 Å². The highest BCUT2D eigenvalue weighted by molar-refractivity contribution is 7.22. The van der Waals surface area contributed by atoms with E-state index in [1.807, 2.05) is 36.5 Å². The van der Waals surface area contributed by atoms with Gasteiger partial charge in [0.15, 0.2) is 11.6 Å². The first-order chi connectivity index (χ1) is 17.7. The number of H-pyrrole nitrogens is 1. The lowest BCUT2D eigenvalue weighted by Crippen LogP contribution is -2.36. The van der Waals surface area contributed by atoms with Crippen LogP contribution in [0.3, 0.4) is 0 Å². The van der Waals surface area contributed by atoms with Crippen molar-refractivity contribution in [2.24, 2.45) is 0 Å². The number of ether oxygens (including phenoxy) is 1. The molecule has 0 bridgehead atoms. The predicted octanol–water partition coefficient (Wildman–Crippen LogP) is 4.54. The molecule has 0 unspecified atom stereocenters. The molecule has 6 rings (SSSR count). The highest BCUT2D eigenvalue weighted by Gasteiger charge is 2.21. The molecule has 1 saturated heterocycles.